The lowest BCUT2D eigenvalue weighted by Gasteiger charge is -2.43. The van der Waals surface area contributed by atoms with Crippen molar-refractivity contribution in [2.24, 2.45) is 5.92 Å². The van der Waals surface area contributed by atoms with Crippen LogP contribution in [0.1, 0.15) is 144 Å². The zero-order valence-electron chi connectivity index (χ0n) is 22.4. The van der Waals surface area contributed by atoms with E-state index in [1.54, 1.807) is 0 Å². The van der Waals surface area contributed by atoms with E-state index in [0.717, 1.165) is 24.8 Å². The Hall–Kier alpha value is -0.610. The van der Waals surface area contributed by atoms with Gasteiger partial charge in [-0.25, -0.2) is 0 Å². The normalized spacial score (nSPS) is 24.0. The van der Waals surface area contributed by atoms with Crippen LogP contribution >= 0.6 is 0 Å². The minimum atomic E-state index is -0.489. The van der Waals surface area contributed by atoms with Crippen molar-refractivity contribution in [2.75, 3.05) is 6.79 Å². The summed E-state index contributed by atoms with van der Waals surface area (Å²) >= 11 is 0. The molecule has 0 aromatic rings. The molecule has 3 atom stereocenters. The van der Waals surface area contributed by atoms with Gasteiger partial charge in [-0.15, -0.1) is 0 Å². The molecule has 0 amide bonds. The molecule has 3 unspecified atom stereocenters. The Morgan fingerprint density at radius 2 is 1.16 bits per heavy atom. The Bertz CT molecular complexity index is 503. The van der Waals surface area contributed by atoms with E-state index in [1.807, 2.05) is 0 Å². The number of aliphatic hydroxyl groups is 1. The fraction of sp³-hybridized carbons (Fsp3) is 0.964. The summed E-state index contributed by atoms with van der Waals surface area (Å²) in [6.45, 7) is 13.6. The molecule has 2 aliphatic heterocycles. The molecule has 0 aliphatic carbocycles. The maximum Gasteiger partial charge on any atom is 0.307 e. The van der Waals surface area contributed by atoms with Crippen LogP contribution in [0, 0.1) is 5.92 Å². The fourth-order valence-electron chi connectivity index (χ4n) is 5.76. The molecule has 32 heavy (non-hydrogen) atoms. The van der Waals surface area contributed by atoms with Gasteiger partial charge in [0, 0.05) is 23.5 Å². The van der Waals surface area contributed by atoms with Crippen molar-refractivity contribution in [3.8, 4) is 0 Å². The molecule has 2 saturated heterocycles. The van der Waals surface area contributed by atoms with Crippen LogP contribution in [-0.2, 0) is 9.53 Å². The molecule has 2 aliphatic rings. The van der Waals surface area contributed by atoms with E-state index in [4.69, 9.17) is 5.11 Å². The van der Waals surface area contributed by atoms with E-state index in [0.29, 0.717) is 17.5 Å². The van der Waals surface area contributed by atoms with Crippen molar-refractivity contribution >= 4 is 5.97 Å². The zero-order valence-corrected chi connectivity index (χ0v) is 22.4. The number of hydrogen-bond donors (Lipinski definition) is 1. The largest absolute Gasteiger partial charge is 0.439 e. The van der Waals surface area contributed by atoms with Gasteiger partial charge >= 0.3 is 5.97 Å². The molecular formula is C28H55NO3. The van der Waals surface area contributed by atoms with E-state index in [1.165, 1.54) is 83.5 Å². The molecule has 4 nitrogen and oxygen atoms in total. The number of carbonyl (C=O) groups excluding carboxylic acids is 1. The fourth-order valence-corrected chi connectivity index (χ4v) is 5.76. The van der Waals surface area contributed by atoms with E-state index >= 15 is 0 Å². The predicted octanol–water partition coefficient (Wildman–Crippen LogP) is 7.62. The second-order valence-corrected chi connectivity index (χ2v) is 11.3. The minimum Gasteiger partial charge on any atom is -0.439 e. The van der Waals surface area contributed by atoms with Crippen molar-refractivity contribution in [1.29, 1.82) is 0 Å². The average Bonchev–Trinajstić information content (AvgIpc) is 3.31. The molecule has 2 heterocycles. The van der Waals surface area contributed by atoms with Crippen LogP contribution in [0.2, 0.25) is 0 Å². The second kappa shape index (κ2) is 15.3. The molecule has 0 bridgehead atoms. The van der Waals surface area contributed by atoms with E-state index in [-0.39, 0.29) is 5.97 Å². The highest BCUT2D eigenvalue weighted by Gasteiger charge is 2.74. The molecule has 0 spiro atoms. The van der Waals surface area contributed by atoms with Gasteiger partial charge in [-0.1, -0.05) is 104 Å². The molecule has 2 rings (SSSR count). The molecule has 2 fully saturated rings. The third-order valence-electron chi connectivity index (χ3n) is 7.97. The van der Waals surface area contributed by atoms with Crippen molar-refractivity contribution in [2.45, 2.75) is 161 Å². The number of unbranched alkanes of at least 4 members (excludes halogenated alkanes) is 14. The van der Waals surface area contributed by atoms with Crippen LogP contribution in [0.4, 0.5) is 0 Å². The molecule has 0 radical (unpaired) electrons. The van der Waals surface area contributed by atoms with Gasteiger partial charge in [0.25, 0.3) is 0 Å². The molecule has 0 aromatic carbocycles. The minimum absolute atomic E-state index is 0.280. The van der Waals surface area contributed by atoms with Crippen LogP contribution < -0.4 is 0 Å². The summed E-state index contributed by atoms with van der Waals surface area (Å²) in [6, 6.07) is 0.891. The number of nitrogens with zero attached hydrogens (tertiary/aromatic N) is 1. The van der Waals surface area contributed by atoms with Gasteiger partial charge in [0.1, 0.15) is 0 Å². The predicted molar refractivity (Wildman–Crippen MR) is 136 cm³/mol. The summed E-state index contributed by atoms with van der Waals surface area (Å²) in [7, 11) is 0. The standard InChI is InChI=1S/C19H38O3.C9H17N/c1-2-3-4-5-6-7-8-9-10-11-12-13-14-15-16-17-19(21)22-18-20;1-6-7-9(4,5)10(7)8(6,2)3/h20H,2-18H2,1H3;6-7H,1-5H3. The summed E-state index contributed by atoms with van der Waals surface area (Å²) in [5, 5.41) is 8.42. The smallest absolute Gasteiger partial charge is 0.307 e. The van der Waals surface area contributed by atoms with E-state index < -0.39 is 6.79 Å². The van der Waals surface area contributed by atoms with E-state index in [2.05, 4.69) is 51.2 Å². The van der Waals surface area contributed by atoms with Gasteiger partial charge in [0.2, 0.25) is 0 Å². The Morgan fingerprint density at radius 1 is 0.750 bits per heavy atom. The number of aliphatic hydroxyl groups excluding tert-OH is 1. The number of esters is 1. The quantitative estimate of drug-likeness (QED) is 0.106. The van der Waals surface area contributed by atoms with Crippen molar-refractivity contribution < 1.29 is 14.6 Å². The third-order valence-corrected chi connectivity index (χ3v) is 7.97. The van der Waals surface area contributed by atoms with Crippen LogP contribution in [-0.4, -0.2) is 39.9 Å². The second-order valence-electron chi connectivity index (χ2n) is 11.3. The average molecular weight is 454 g/mol. The summed E-state index contributed by atoms with van der Waals surface area (Å²) in [5.74, 6) is 0.611. The number of hydrogen-bond acceptors (Lipinski definition) is 4. The van der Waals surface area contributed by atoms with Crippen LogP contribution in [0.25, 0.3) is 0 Å². The van der Waals surface area contributed by atoms with Gasteiger partial charge in [-0.3, -0.25) is 9.69 Å². The zero-order chi connectivity index (χ0) is 24.0. The number of rotatable bonds is 17. The van der Waals surface area contributed by atoms with Crippen LogP contribution in [0.15, 0.2) is 0 Å². The SMILES string of the molecule is CC1C2N(C1(C)C)C2(C)C.CCCCCCCCCCCCCCCCCC(=O)OCO. The first-order valence-corrected chi connectivity index (χ1v) is 13.8. The van der Waals surface area contributed by atoms with Gasteiger partial charge < -0.3 is 9.84 Å². The third kappa shape index (κ3) is 9.71. The first-order chi connectivity index (χ1) is 15.2. The van der Waals surface area contributed by atoms with Gasteiger partial charge in [0.15, 0.2) is 6.79 Å². The topological polar surface area (TPSA) is 49.5 Å². The van der Waals surface area contributed by atoms with Crippen LogP contribution in [0.5, 0.6) is 0 Å². The lowest BCUT2D eigenvalue weighted by molar-refractivity contribution is -0.151. The molecule has 0 aromatic heterocycles. The summed E-state index contributed by atoms with van der Waals surface area (Å²) in [4.78, 5) is 13.6. The molecule has 190 valence electrons. The van der Waals surface area contributed by atoms with Gasteiger partial charge in [-0.05, 0) is 40.0 Å². The Labute approximate surface area is 199 Å². The molecule has 1 N–H and O–H groups in total. The lowest BCUT2D eigenvalue weighted by Crippen LogP contribution is -2.51. The maximum absolute atomic E-state index is 11.0. The summed E-state index contributed by atoms with van der Waals surface area (Å²) in [5.41, 5.74) is 0.997. The summed E-state index contributed by atoms with van der Waals surface area (Å²) in [6.07, 6.45) is 20.3. The van der Waals surface area contributed by atoms with Crippen LogP contribution in [0.3, 0.4) is 0 Å². The number of ether oxygens (including phenoxy) is 1. The first-order valence-electron chi connectivity index (χ1n) is 13.8. The molecule has 4 heteroatoms. The highest BCUT2D eigenvalue weighted by Crippen LogP contribution is 2.63. The highest BCUT2D eigenvalue weighted by atomic mass is 16.6. The first kappa shape index (κ1) is 29.4. The number of carbonyl (C=O) groups is 1. The van der Waals surface area contributed by atoms with Crippen molar-refractivity contribution in [3.63, 3.8) is 0 Å². The molecular weight excluding hydrogens is 398 g/mol. The highest BCUT2D eigenvalue weighted by molar-refractivity contribution is 5.69. The number of fused-ring (bicyclic) bond motifs is 1. The lowest BCUT2D eigenvalue weighted by atomic mass is 9.79. The maximum atomic E-state index is 11.0. The van der Waals surface area contributed by atoms with E-state index in [9.17, 15) is 4.79 Å². The Kier molecular flexibility index (Phi) is 14.1. The Morgan fingerprint density at radius 3 is 1.44 bits per heavy atom. The Balaban J connectivity index is 0.000000416. The summed E-state index contributed by atoms with van der Waals surface area (Å²) < 4.78 is 4.48. The van der Waals surface area contributed by atoms with Gasteiger partial charge in [-0.2, -0.15) is 0 Å². The van der Waals surface area contributed by atoms with Crippen molar-refractivity contribution in [3.05, 3.63) is 0 Å². The monoisotopic (exact) mass is 453 g/mol. The van der Waals surface area contributed by atoms with Crippen molar-refractivity contribution in [1.82, 2.24) is 4.90 Å². The van der Waals surface area contributed by atoms with Gasteiger partial charge in [0.05, 0.1) is 0 Å². The molecule has 0 saturated carbocycles.